The van der Waals surface area contributed by atoms with E-state index < -0.39 is 0 Å². The number of carbonyl (C=O) groups is 2. The van der Waals surface area contributed by atoms with Crippen LogP contribution in [0.2, 0.25) is 5.02 Å². The number of anilines is 2. The maximum absolute atomic E-state index is 13.0. The van der Waals surface area contributed by atoms with Gasteiger partial charge in [-0.05, 0) is 54.7 Å². The highest BCUT2D eigenvalue weighted by Crippen LogP contribution is 2.45. The molecular weight excluding hydrogens is 442 g/mol. The number of halogens is 1. The minimum Gasteiger partial charge on any atom is -0.378 e. The first kappa shape index (κ1) is 21.7. The van der Waals surface area contributed by atoms with Crippen molar-refractivity contribution >= 4 is 40.7 Å². The molecule has 0 bridgehead atoms. The number of amides is 2. The van der Waals surface area contributed by atoms with Gasteiger partial charge in [0.05, 0.1) is 36.0 Å². The van der Waals surface area contributed by atoms with Crippen LogP contribution in [0.25, 0.3) is 0 Å². The van der Waals surface area contributed by atoms with Crippen LogP contribution in [0.4, 0.5) is 11.4 Å². The van der Waals surface area contributed by atoms with Crippen LogP contribution in [0.15, 0.2) is 41.4 Å². The van der Waals surface area contributed by atoms with Crippen LogP contribution in [0.5, 0.6) is 0 Å². The molecule has 0 spiro atoms. The van der Waals surface area contributed by atoms with Gasteiger partial charge >= 0.3 is 0 Å². The van der Waals surface area contributed by atoms with Crippen LogP contribution >= 0.6 is 11.6 Å². The van der Waals surface area contributed by atoms with Crippen LogP contribution in [-0.2, 0) is 4.74 Å². The van der Waals surface area contributed by atoms with E-state index in [1.165, 1.54) is 0 Å². The number of aliphatic imine (C=N–C) groups is 1. The largest absolute Gasteiger partial charge is 0.378 e. The summed E-state index contributed by atoms with van der Waals surface area (Å²) in [6, 6.07) is 11.1. The van der Waals surface area contributed by atoms with Crippen LogP contribution in [0.3, 0.4) is 0 Å². The van der Waals surface area contributed by atoms with Gasteiger partial charge in [-0.3, -0.25) is 19.9 Å². The lowest BCUT2D eigenvalue weighted by Crippen LogP contribution is -2.40. The Morgan fingerprint density at radius 3 is 2.67 bits per heavy atom. The first-order valence-electron chi connectivity index (χ1n) is 11.3. The van der Waals surface area contributed by atoms with Gasteiger partial charge in [0.1, 0.15) is 0 Å². The van der Waals surface area contributed by atoms with E-state index in [1.807, 2.05) is 24.3 Å². The van der Waals surface area contributed by atoms with Crippen molar-refractivity contribution in [1.29, 1.82) is 0 Å². The highest BCUT2D eigenvalue weighted by atomic mass is 35.5. The first-order valence-corrected chi connectivity index (χ1v) is 11.6. The van der Waals surface area contributed by atoms with Gasteiger partial charge in [-0.15, -0.1) is 0 Å². The van der Waals surface area contributed by atoms with Gasteiger partial charge in [0, 0.05) is 30.9 Å². The third-order valence-corrected chi connectivity index (χ3v) is 6.44. The number of hydrogen-bond acceptors (Lipinski definition) is 6. The molecule has 172 valence electrons. The lowest BCUT2D eigenvalue weighted by Gasteiger charge is -2.27. The maximum Gasteiger partial charge on any atom is 0.257 e. The van der Waals surface area contributed by atoms with E-state index in [2.05, 4.69) is 20.9 Å². The van der Waals surface area contributed by atoms with E-state index in [0.29, 0.717) is 66.6 Å². The van der Waals surface area contributed by atoms with E-state index in [0.717, 1.165) is 30.6 Å². The average Bonchev–Trinajstić information content (AvgIpc) is 3.57. The van der Waals surface area contributed by atoms with Gasteiger partial charge in [0.2, 0.25) is 0 Å². The zero-order chi connectivity index (χ0) is 22.8. The molecule has 2 fully saturated rings. The maximum atomic E-state index is 13.0. The zero-order valence-electron chi connectivity index (χ0n) is 18.2. The topological polar surface area (TPSA) is 95.1 Å². The van der Waals surface area contributed by atoms with Gasteiger partial charge < -0.3 is 20.3 Å². The van der Waals surface area contributed by atoms with E-state index >= 15 is 0 Å². The summed E-state index contributed by atoms with van der Waals surface area (Å²) in [6.45, 7) is 3.60. The summed E-state index contributed by atoms with van der Waals surface area (Å²) >= 11 is 6.67. The third-order valence-electron chi connectivity index (χ3n) is 6.03. The molecular formula is C24H26ClN5O3. The average molecular weight is 468 g/mol. The predicted molar refractivity (Wildman–Crippen MR) is 128 cm³/mol. The van der Waals surface area contributed by atoms with Crippen molar-refractivity contribution in [2.24, 2.45) is 4.99 Å². The summed E-state index contributed by atoms with van der Waals surface area (Å²) in [4.78, 5) is 31.6. The van der Waals surface area contributed by atoms with Crippen molar-refractivity contribution in [3.05, 3.63) is 58.1 Å². The second kappa shape index (κ2) is 9.41. The van der Waals surface area contributed by atoms with E-state index in [9.17, 15) is 9.59 Å². The summed E-state index contributed by atoms with van der Waals surface area (Å²) in [7, 11) is 0. The van der Waals surface area contributed by atoms with Crippen LogP contribution in [0, 0.1) is 0 Å². The molecule has 0 aromatic heterocycles. The fourth-order valence-electron chi connectivity index (χ4n) is 4.09. The standard InChI is InChI=1S/C24H26ClN5O3/c25-21-17(23(32)30-10-12-33-13-11-30)2-1-3-20(21)28-19-7-6-16(14-18(19)15-4-5-15)22(31)29-24-26-8-9-27-24/h1-3,6-7,14-15,28H,4-5,8-13H2,(H2,26,27,29,31). The first-order chi connectivity index (χ1) is 16.1. The molecule has 33 heavy (non-hydrogen) atoms. The SMILES string of the molecule is O=C(NC1=NCCN1)c1ccc(Nc2cccc(C(=O)N3CCOCC3)c2Cl)c(C2CC2)c1. The van der Waals surface area contributed by atoms with Gasteiger partial charge in [0.15, 0.2) is 5.96 Å². The van der Waals surface area contributed by atoms with Gasteiger partial charge in [-0.2, -0.15) is 0 Å². The van der Waals surface area contributed by atoms with Gasteiger partial charge in [-0.25, -0.2) is 0 Å². The Hall–Kier alpha value is -3.10. The van der Waals surface area contributed by atoms with Gasteiger partial charge in [-0.1, -0.05) is 17.7 Å². The molecule has 2 aromatic carbocycles. The molecule has 1 saturated carbocycles. The number of benzene rings is 2. The number of guanidine groups is 1. The number of ether oxygens (including phenoxy) is 1. The summed E-state index contributed by atoms with van der Waals surface area (Å²) in [6.07, 6.45) is 2.16. The number of rotatable bonds is 5. The van der Waals surface area contributed by atoms with E-state index in [4.69, 9.17) is 16.3 Å². The summed E-state index contributed by atoms with van der Waals surface area (Å²) < 4.78 is 5.35. The van der Waals surface area contributed by atoms with Crippen molar-refractivity contribution < 1.29 is 14.3 Å². The Balaban J connectivity index is 1.37. The molecule has 0 atom stereocenters. The highest BCUT2D eigenvalue weighted by molar-refractivity contribution is 6.36. The second-order valence-corrected chi connectivity index (χ2v) is 8.76. The molecule has 1 aliphatic carbocycles. The Bertz CT molecular complexity index is 1110. The Morgan fingerprint density at radius 1 is 1.12 bits per heavy atom. The van der Waals surface area contributed by atoms with Gasteiger partial charge in [0.25, 0.3) is 11.8 Å². The quantitative estimate of drug-likeness (QED) is 0.628. The molecule has 2 aromatic rings. The molecule has 0 radical (unpaired) electrons. The van der Waals surface area contributed by atoms with Crippen LogP contribution < -0.4 is 16.0 Å². The lowest BCUT2D eigenvalue weighted by atomic mass is 10.0. The van der Waals surface area contributed by atoms with Crippen molar-refractivity contribution in [1.82, 2.24) is 15.5 Å². The number of carbonyl (C=O) groups excluding carboxylic acids is 2. The van der Waals surface area contributed by atoms with E-state index in [-0.39, 0.29) is 11.8 Å². The minimum atomic E-state index is -0.187. The number of morpholine rings is 1. The highest BCUT2D eigenvalue weighted by Gasteiger charge is 2.28. The number of nitrogens with one attached hydrogen (secondary N) is 3. The molecule has 8 nitrogen and oxygen atoms in total. The zero-order valence-corrected chi connectivity index (χ0v) is 19.0. The van der Waals surface area contributed by atoms with Crippen molar-refractivity contribution in [2.75, 3.05) is 44.7 Å². The third kappa shape index (κ3) is 4.82. The molecule has 3 N–H and O–H groups in total. The lowest BCUT2D eigenvalue weighted by molar-refractivity contribution is 0.0303. The second-order valence-electron chi connectivity index (χ2n) is 8.38. The molecule has 5 rings (SSSR count). The van der Waals surface area contributed by atoms with Crippen molar-refractivity contribution in [3.8, 4) is 0 Å². The van der Waals surface area contributed by atoms with Crippen LogP contribution in [0.1, 0.15) is 45.0 Å². The predicted octanol–water partition coefficient (Wildman–Crippen LogP) is 3.12. The number of hydrogen-bond donors (Lipinski definition) is 3. The monoisotopic (exact) mass is 467 g/mol. The minimum absolute atomic E-state index is 0.0928. The fourth-order valence-corrected chi connectivity index (χ4v) is 4.34. The number of nitrogens with zero attached hydrogens (tertiary/aromatic N) is 2. The smallest absolute Gasteiger partial charge is 0.257 e. The van der Waals surface area contributed by atoms with Crippen molar-refractivity contribution in [3.63, 3.8) is 0 Å². The van der Waals surface area contributed by atoms with E-state index in [1.54, 1.807) is 17.0 Å². The Labute approximate surface area is 197 Å². The fraction of sp³-hybridized carbons (Fsp3) is 0.375. The molecule has 2 amide bonds. The summed E-state index contributed by atoms with van der Waals surface area (Å²) in [5.74, 6) is 0.639. The van der Waals surface area contributed by atoms with Crippen molar-refractivity contribution in [2.45, 2.75) is 18.8 Å². The Kier molecular flexibility index (Phi) is 6.20. The molecule has 9 heteroatoms. The summed E-state index contributed by atoms with van der Waals surface area (Å²) in [5, 5.41) is 9.66. The molecule has 3 aliphatic rings. The normalized spacial score (nSPS) is 17.8. The Morgan fingerprint density at radius 2 is 1.94 bits per heavy atom. The van der Waals surface area contributed by atoms with Crippen LogP contribution in [-0.4, -0.2) is 62.1 Å². The molecule has 0 unspecified atom stereocenters. The summed E-state index contributed by atoms with van der Waals surface area (Å²) in [5.41, 5.74) is 3.69. The molecule has 2 heterocycles. The molecule has 1 saturated heterocycles. The molecule has 2 aliphatic heterocycles.